The predicted octanol–water partition coefficient (Wildman–Crippen LogP) is 12.0. The molecule has 6 aromatic rings. The quantitative estimate of drug-likeness (QED) is 0.0605. The number of para-hydroxylation sites is 1. The number of anilines is 2. The van der Waals surface area contributed by atoms with E-state index in [4.69, 9.17) is 33.4 Å². The first kappa shape index (κ1) is 77.3. The second kappa shape index (κ2) is 30.8. The number of benzene rings is 3. The minimum Gasteiger partial charge on any atom is -0.460 e. The van der Waals surface area contributed by atoms with E-state index in [-0.39, 0.29) is 65.7 Å². The summed E-state index contributed by atoms with van der Waals surface area (Å²) in [5, 5.41) is 10.8. The number of hydrogen-bond donors (Lipinski definition) is 0. The van der Waals surface area contributed by atoms with Crippen molar-refractivity contribution < 1.29 is 76.8 Å². The van der Waals surface area contributed by atoms with Gasteiger partial charge in [-0.2, -0.15) is 4.68 Å². The van der Waals surface area contributed by atoms with Crippen LogP contribution in [-0.2, 0) is 80.7 Å². The van der Waals surface area contributed by atoms with Crippen LogP contribution in [0.5, 0.6) is 0 Å². The van der Waals surface area contributed by atoms with Gasteiger partial charge in [-0.05, 0) is 170 Å². The summed E-state index contributed by atoms with van der Waals surface area (Å²) in [5.74, 6) is -3.09. The van der Waals surface area contributed by atoms with Gasteiger partial charge in [-0.3, -0.25) is 23.0 Å². The zero-order valence-electron chi connectivity index (χ0n) is 59.2. The van der Waals surface area contributed by atoms with E-state index in [0.717, 1.165) is 46.1 Å². The summed E-state index contributed by atoms with van der Waals surface area (Å²) < 4.78 is 142. The Balaban J connectivity index is 0.000000195. The number of nitrogens with zero attached hydrogens (tertiary/aromatic N) is 8. The van der Waals surface area contributed by atoms with Gasteiger partial charge in [0.15, 0.2) is 17.9 Å². The Hall–Kier alpha value is -7.47. The Morgan fingerprint density at radius 1 is 0.626 bits per heavy atom. The second-order valence-electron chi connectivity index (χ2n) is 28.6. The van der Waals surface area contributed by atoms with Crippen molar-refractivity contribution >= 4 is 65.8 Å². The Bertz CT molecular complexity index is 4270. The molecule has 0 saturated carbocycles. The molecule has 28 heteroatoms. The monoisotopic (exact) mass is 1430 g/mol. The lowest BCUT2D eigenvalue weighted by molar-refractivity contribution is -0.295. The number of aromatic nitrogens is 6. The third kappa shape index (κ3) is 20.4. The third-order valence-electron chi connectivity index (χ3n) is 16.1. The summed E-state index contributed by atoms with van der Waals surface area (Å²) >= 11 is 0. The number of carbonyl (C=O) groups is 3. The van der Waals surface area contributed by atoms with Gasteiger partial charge in [-0.15, -0.1) is 0 Å². The maximum Gasteiger partial charge on any atom is 0.308 e. The van der Waals surface area contributed by atoms with E-state index >= 15 is 0 Å². The Labute approximate surface area is 580 Å². The fourth-order valence-electron chi connectivity index (χ4n) is 12.5. The first-order chi connectivity index (χ1) is 46.0. The van der Waals surface area contributed by atoms with Crippen LogP contribution in [0.15, 0.2) is 90.1 Å². The molecule has 3 aromatic heterocycles. The Morgan fingerprint density at radius 3 is 1.51 bits per heavy atom. The molecule has 4 aliphatic rings. The molecule has 0 spiro atoms. The van der Waals surface area contributed by atoms with Crippen LogP contribution in [0.25, 0.3) is 34.0 Å². The van der Waals surface area contributed by atoms with Gasteiger partial charge in [0, 0.05) is 53.7 Å². The van der Waals surface area contributed by atoms with Crippen LogP contribution in [0, 0.1) is 11.6 Å². The molecule has 4 aliphatic heterocycles. The molecule has 2 saturated heterocycles. The van der Waals surface area contributed by atoms with E-state index in [0.29, 0.717) is 84.9 Å². The van der Waals surface area contributed by atoms with E-state index in [1.165, 1.54) is 43.8 Å². The van der Waals surface area contributed by atoms with Crippen molar-refractivity contribution in [3.8, 4) is 27.9 Å². The summed E-state index contributed by atoms with van der Waals surface area (Å²) in [6.45, 7) is 26.4. The summed E-state index contributed by atoms with van der Waals surface area (Å²) in [5.41, 5.74) is 6.38. The molecule has 10 rings (SSSR count). The van der Waals surface area contributed by atoms with Gasteiger partial charge in [0.25, 0.3) is 5.16 Å². The number of rotatable bonds is 17. The predicted molar refractivity (Wildman–Crippen MR) is 372 cm³/mol. The lowest BCUT2D eigenvalue weighted by Crippen LogP contribution is -2.47. The maximum atomic E-state index is 14.0. The highest BCUT2D eigenvalue weighted by molar-refractivity contribution is 7.92. The van der Waals surface area contributed by atoms with Crippen LogP contribution in [0.2, 0.25) is 0 Å². The van der Waals surface area contributed by atoms with Crippen LogP contribution in [-0.4, -0.2) is 152 Å². The molecule has 4 atom stereocenters. The molecule has 538 valence electrons. The van der Waals surface area contributed by atoms with Gasteiger partial charge in [-0.1, -0.05) is 87.4 Å². The standard InChI is InChI=1S/C32H43FN2O6S.C20H28N4O6S.C19H21FN2O3S/c1-20(2)29-25(16-15-23-18-24(40-32(6,7)39-23)19-27(36)41-31(3,4)5)28(21-11-13-22(33)14-12-21)26-10-9-17-35(30(26)34-29)42(8,37)38;1-19(2,3)30-17(25)12-15-11-16(29-20(4,5)28-15)13-31(26,27)18-21-22-23-24(18)14-9-7-6-8-10-14;1-12(2)18-16(11-23)17(13-6-8-14(20)9-7-13)15-5-4-10-22(19(15)21-18)26(3,24)25/h11-16,20,23-24H,9-10,17-19H2,1-8H3;6-10,15-16H,11-13H2,1-5H3;6-9,11-12H,4-5,10H2,1-3H3/b16-15+;;/t23-,24-;15-,16+;/m11./s1. The van der Waals surface area contributed by atoms with Gasteiger partial charge in [0.1, 0.15) is 34.5 Å². The van der Waals surface area contributed by atoms with E-state index in [9.17, 15) is 48.4 Å². The van der Waals surface area contributed by atoms with Crippen molar-refractivity contribution in [3.63, 3.8) is 0 Å². The largest absolute Gasteiger partial charge is 0.460 e. The number of hydrogen-bond acceptors (Lipinski definition) is 20. The number of carbonyl (C=O) groups excluding carboxylic acids is 3. The highest BCUT2D eigenvalue weighted by Gasteiger charge is 2.42. The number of sulfone groups is 1. The fourth-order valence-corrected chi connectivity index (χ4v) is 15.8. The second-order valence-corrected chi connectivity index (χ2v) is 34.3. The lowest BCUT2D eigenvalue weighted by atomic mass is 9.87. The number of tetrazole rings is 1. The topological polar surface area (TPSA) is 285 Å². The van der Waals surface area contributed by atoms with Crippen molar-refractivity contribution in [2.24, 2.45) is 0 Å². The molecule has 7 heterocycles. The first-order valence-electron chi connectivity index (χ1n) is 33.0. The number of sulfonamides is 2. The number of aldehydes is 1. The van der Waals surface area contributed by atoms with Crippen molar-refractivity contribution in [3.05, 3.63) is 130 Å². The Kier molecular flexibility index (Phi) is 24.0. The van der Waals surface area contributed by atoms with Gasteiger partial charge >= 0.3 is 11.9 Å². The van der Waals surface area contributed by atoms with Crippen LogP contribution in [0.1, 0.15) is 186 Å². The first-order valence-corrected chi connectivity index (χ1v) is 38.3. The fraction of sp³-hybridized carbons (Fsp3) is 0.521. The molecule has 3 aromatic carbocycles. The van der Waals surface area contributed by atoms with Crippen LogP contribution in [0.4, 0.5) is 20.4 Å². The lowest BCUT2D eigenvalue weighted by Gasteiger charge is -2.40. The molecular weight excluding hydrogens is 1340 g/mol. The van der Waals surface area contributed by atoms with Crippen molar-refractivity contribution in [2.45, 2.75) is 212 Å². The maximum absolute atomic E-state index is 14.0. The summed E-state index contributed by atoms with van der Waals surface area (Å²) in [6, 6.07) is 20.9. The van der Waals surface area contributed by atoms with E-state index < -0.39 is 76.9 Å². The summed E-state index contributed by atoms with van der Waals surface area (Å²) in [7, 11) is -10.9. The zero-order valence-corrected chi connectivity index (χ0v) is 61.6. The van der Waals surface area contributed by atoms with Crippen LogP contribution < -0.4 is 8.61 Å². The zero-order chi connectivity index (χ0) is 73.0. The smallest absolute Gasteiger partial charge is 0.308 e. The number of esters is 2. The molecular formula is C71H92F2N8O15S3. The van der Waals surface area contributed by atoms with E-state index in [1.54, 1.807) is 83.1 Å². The van der Waals surface area contributed by atoms with Gasteiger partial charge in [0.2, 0.25) is 29.9 Å². The van der Waals surface area contributed by atoms with Crippen LogP contribution in [0.3, 0.4) is 0 Å². The van der Waals surface area contributed by atoms with Crippen molar-refractivity contribution in [2.75, 3.05) is 40.0 Å². The minimum absolute atomic E-state index is 0.00234. The van der Waals surface area contributed by atoms with E-state index in [1.807, 2.05) is 80.5 Å². The minimum atomic E-state index is -3.90. The van der Waals surface area contributed by atoms with E-state index in [2.05, 4.69) is 20.5 Å². The molecule has 0 bridgehead atoms. The van der Waals surface area contributed by atoms with Gasteiger partial charge in [-0.25, -0.2) is 44.0 Å². The normalized spacial score (nSPS) is 19.5. The third-order valence-corrected chi connectivity index (χ3v) is 20.0. The number of halogens is 2. The molecule has 0 unspecified atom stereocenters. The molecule has 0 aliphatic carbocycles. The highest BCUT2D eigenvalue weighted by atomic mass is 32.2. The SMILES string of the molecule is CC(C)(C)OC(=O)C[C@H]1C[C@@H](CS(=O)(=O)c2nnnn2-c2ccccc2)OC(C)(C)O1.CC(C)c1nc2c(c(-c3ccc(F)cc3)c1/C=C/[C@@H]1C[C@H](CC(=O)OC(C)(C)C)OC(C)(C)O1)CCCN2S(C)(=O)=O.CC(C)c1nc2c(c(-c3ccc(F)cc3)c1C=O)CCCN2S(C)(=O)=O. The highest BCUT2D eigenvalue weighted by Crippen LogP contribution is 2.44. The molecule has 99 heavy (non-hydrogen) atoms. The molecule has 2 fully saturated rings. The van der Waals surface area contributed by atoms with Gasteiger partial charge in [0.05, 0.1) is 72.6 Å². The summed E-state index contributed by atoms with van der Waals surface area (Å²) in [6.07, 6.45) is 8.32. The summed E-state index contributed by atoms with van der Waals surface area (Å²) in [4.78, 5) is 46.2. The molecule has 23 nitrogen and oxygen atoms in total. The van der Waals surface area contributed by atoms with Gasteiger partial charge < -0.3 is 28.4 Å². The average molecular weight is 1430 g/mol. The molecule has 0 radical (unpaired) electrons. The number of fused-ring (bicyclic) bond motifs is 2. The number of ether oxygens (including phenoxy) is 6. The Morgan fingerprint density at radius 2 is 1.06 bits per heavy atom. The number of pyridine rings is 2. The molecule has 0 N–H and O–H groups in total. The molecule has 0 amide bonds. The van der Waals surface area contributed by atoms with Crippen LogP contribution >= 0.6 is 0 Å². The van der Waals surface area contributed by atoms with Crippen molar-refractivity contribution in [1.29, 1.82) is 0 Å². The van der Waals surface area contributed by atoms with Crippen molar-refractivity contribution in [1.82, 2.24) is 30.2 Å². The average Bonchev–Trinajstić information content (AvgIpc) is 1.28.